The number of nitrogens with two attached hydrogens (primary N) is 1. The molecule has 2 rings (SSSR count). The first-order valence-electron chi connectivity index (χ1n) is 5.86. The lowest BCUT2D eigenvalue weighted by Gasteiger charge is -2.09. The first-order valence-corrected chi connectivity index (χ1v) is 7.72. The second-order valence-corrected chi connectivity index (χ2v) is 6.45. The van der Waals surface area contributed by atoms with E-state index in [1.54, 1.807) is 13.8 Å². The molecule has 0 aliphatic heterocycles. The summed E-state index contributed by atoms with van der Waals surface area (Å²) in [7, 11) is -3.83. The molecule has 112 valence electrons. The van der Waals surface area contributed by atoms with Gasteiger partial charge in [0.05, 0.1) is 22.0 Å². The van der Waals surface area contributed by atoms with Gasteiger partial charge in [-0.15, -0.1) is 0 Å². The van der Waals surface area contributed by atoms with Crippen LogP contribution >= 0.6 is 11.6 Å². The van der Waals surface area contributed by atoms with Gasteiger partial charge in [-0.2, -0.15) is 5.10 Å². The number of carbonyl (C=O) groups is 1. The van der Waals surface area contributed by atoms with Crippen LogP contribution in [0.15, 0.2) is 23.1 Å². The number of rotatable bonds is 4. The zero-order chi connectivity index (χ0) is 15.8. The molecule has 0 saturated carbocycles. The van der Waals surface area contributed by atoms with Gasteiger partial charge in [0.2, 0.25) is 5.91 Å². The number of hydrogen-bond donors (Lipinski definition) is 3. The number of aromatic nitrogens is 2. The highest BCUT2D eigenvalue weighted by molar-refractivity contribution is 7.92. The van der Waals surface area contributed by atoms with Crippen LogP contribution in [0, 0.1) is 13.8 Å². The standard InChI is InChI=1S/C12H13ClN4O3S/c1-6-11(7(2)16-15-6)21(19,20)17-8-3-4-10(13)9(5-8)12(14)18/h3-5,17H,1-2H3,(H2,14,18)(H,15,16). The van der Waals surface area contributed by atoms with Crippen molar-refractivity contribution in [1.82, 2.24) is 10.2 Å². The molecule has 2 aromatic rings. The number of nitrogens with one attached hydrogen (secondary N) is 2. The Morgan fingerprint density at radius 3 is 2.57 bits per heavy atom. The Hall–Kier alpha value is -2.06. The first-order chi connectivity index (χ1) is 9.72. The minimum atomic E-state index is -3.83. The van der Waals surface area contributed by atoms with Crippen LogP contribution in [0.5, 0.6) is 0 Å². The third-order valence-corrected chi connectivity index (χ3v) is 4.79. The minimum Gasteiger partial charge on any atom is -0.366 e. The number of aromatic amines is 1. The molecule has 0 aliphatic rings. The molecular formula is C12H13ClN4O3S. The maximum atomic E-state index is 12.4. The highest BCUT2D eigenvalue weighted by Crippen LogP contribution is 2.24. The topological polar surface area (TPSA) is 118 Å². The summed E-state index contributed by atoms with van der Waals surface area (Å²) in [5.74, 6) is -0.739. The van der Waals surface area contributed by atoms with Gasteiger partial charge in [-0.25, -0.2) is 8.42 Å². The number of aryl methyl sites for hydroxylation is 2. The van der Waals surface area contributed by atoms with E-state index in [-0.39, 0.29) is 21.2 Å². The molecule has 0 radical (unpaired) electrons. The van der Waals surface area contributed by atoms with Gasteiger partial charge in [-0.05, 0) is 32.0 Å². The molecule has 1 heterocycles. The van der Waals surface area contributed by atoms with E-state index in [4.69, 9.17) is 17.3 Å². The van der Waals surface area contributed by atoms with Gasteiger partial charge in [-0.3, -0.25) is 14.6 Å². The van der Waals surface area contributed by atoms with Crippen LogP contribution < -0.4 is 10.5 Å². The molecule has 1 aromatic heterocycles. The van der Waals surface area contributed by atoms with Crippen LogP contribution in [0.2, 0.25) is 5.02 Å². The van der Waals surface area contributed by atoms with E-state index >= 15 is 0 Å². The monoisotopic (exact) mass is 328 g/mol. The lowest BCUT2D eigenvalue weighted by atomic mass is 10.2. The predicted octanol–water partition coefficient (Wildman–Crippen LogP) is 1.58. The molecule has 0 bridgehead atoms. The molecule has 0 aliphatic carbocycles. The highest BCUT2D eigenvalue weighted by Gasteiger charge is 2.22. The maximum Gasteiger partial charge on any atom is 0.265 e. The van der Waals surface area contributed by atoms with Crippen LogP contribution in [0.4, 0.5) is 5.69 Å². The number of primary amides is 1. The number of hydrogen-bond acceptors (Lipinski definition) is 4. The maximum absolute atomic E-state index is 12.4. The van der Waals surface area contributed by atoms with Crippen molar-refractivity contribution < 1.29 is 13.2 Å². The fourth-order valence-electron chi connectivity index (χ4n) is 1.92. The van der Waals surface area contributed by atoms with Gasteiger partial charge in [0.25, 0.3) is 10.0 Å². The zero-order valence-electron chi connectivity index (χ0n) is 11.3. The lowest BCUT2D eigenvalue weighted by molar-refractivity contribution is 0.100. The van der Waals surface area contributed by atoms with Crippen molar-refractivity contribution >= 4 is 33.2 Å². The molecule has 1 aromatic carbocycles. The number of carbonyl (C=O) groups excluding carboxylic acids is 1. The van der Waals surface area contributed by atoms with E-state index < -0.39 is 15.9 Å². The first kappa shape index (κ1) is 15.3. The Morgan fingerprint density at radius 2 is 2.05 bits per heavy atom. The Kier molecular flexibility index (Phi) is 3.93. The van der Waals surface area contributed by atoms with E-state index in [1.807, 2.05) is 0 Å². The zero-order valence-corrected chi connectivity index (χ0v) is 12.8. The average molecular weight is 329 g/mol. The predicted molar refractivity (Wildman–Crippen MR) is 78.8 cm³/mol. The number of anilines is 1. The fraction of sp³-hybridized carbons (Fsp3) is 0.167. The van der Waals surface area contributed by atoms with E-state index in [1.165, 1.54) is 18.2 Å². The van der Waals surface area contributed by atoms with E-state index in [0.29, 0.717) is 11.4 Å². The second kappa shape index (κ2) is 5.38. The largest absolute Gasteiger partial charge is 0.366 e. The van der Waals surface area contributed by atoms with Gasteiger partial charge < -0.3 is 5.73 Å². The Balaban J connectivity index is 2.42. The normalized spacial score (nSPS) is 11.4. The van der Waals surface area contributed by atoms with Crippen molar-refractivity contribution in [2.24, 2.45) is 5.73 Å². The van der Waals surface area contributed by atoms with Gasteiger partial charge >= 0.3 is 0 Å². The summed E-state index contributed by atoms with van der Waals surface area (Å²) in [5, 5.41) is 6.60. The van der Waals surface area contributed by atoms with Crippen molar-refractivity contribution in [3.05, 3.63) is 40.2 Å². The molecule has 9 heteroatoms. The quantitative estimate of drug-likeness (QED) is 0.789. The van der Waals surface area contributed by atoms with Crippen LogP contribution in [0.1, 0.15) is 21.7 Å². The summed E-state index contributed by atoms with van der Waals surface area (Å²) in [5.41, 5.74) is 6.17. The number of nitrogens with zero attached hydrogens (tertiary/aromatic N) is 1. The highest BCUT2D eigenvalue weighted by atomic mass is 35.5. The SMILES string of the molecule is Cc1n[nH]c(C)c1S(=O)(=O)Nc1ccc(Cl)c(C(N)=O)c1. The summed E-state index contributed by atoms with van der Waals surface area (Å²) in [6.45, 7) is 3.18. The van der Waals surface area contributed by atoms with E-state index in [2.05, 4.69) is 14.9 Å². The van der Waals surface area contributed by atoms with E-state index in [0.717, 1.165) is 0 Å². The van der Waals surface area contributed by atoms with Crippen LogP contribution in [-0.2, 0) is 10.0 Å². The van der Waals surface area contributed by atoms with Crippen molar-refractivity contribution in [2.75, 3.05) is 4.72 Å². The molecule has 4 N–H and O–H groups in total. The number of H-pyrrole nitrogens is 1. The molecular weight excluding hydrogens is 316 g/mol. The summed E-state index contributed by atoms with van der Waals surface area (Å²) in [4.78, 5) is 11.3. The van der Waals surface area contributed by atoms with Crippen molar-refractivity contribution in [3.8, 4) is 0 Å². The van der Waals surface area contributed by atoms with Crippen LogP contribution in [0.3, 0.4) is 0 Å². The third-order valence-electron chi connectivity index (χ3n) is 2.81. The van der Waals surface area contributed by atoms with Crippen LogP contribution in [0.25, 0.3) is 0 Å². The van der Waals surface area contributed by atoms with Gasteiger partial charge in [0.15, 0.2) is 0 Å². The van der Waals surface area contributed by atoms with Gasteiger partial charge in [-0.1, -0.05) is 11.6 Å². The molecule has 0 atom stereocenters. The molecule has 0 fully saturated rings. The molecule has 1 amide bonds. The van der Waals surface area contributed by atoms with Gasteiger partial charge in [0, 0.05) is 5.69 Å². The number of benzene rings is 1. The Labute approximate surface area is 126 Å². The average Bonchev–Trinajstić information content (AvgIpc) is 2.71. The third kappa shape index (κ3) is 3.01. The summed E-state index contributed by atoms with van der Waals surface area (Å²) < 4.78 is 27.1. The number of amides is 1. The van der Waals surface area contributed by atoms with Crippen molar-refractivity contribution in [2.45, 2.75) is 18.7 Å². The smallest absolute Gasteiger partial charge is 0.265 e. The Bertz CT molecular complexity index is 794. The minimum absolute atomic E-state index is 0.0394. The molecule has 0 unspecified atom stereocenters. The summed E-state index contributed by atoms with van der Waals surface area (Å²) >= 11 is 5.82. The molecule has 0 saturated heterocycles. The fourth-order valence-corrected chi connectivity index (χ4v) is 3.55. The second-order valence-electron chi connectivity index (χ2n) is 4.43. The van der Waals surface area contributed by atoms with Crippen molar-refractivity contribution in [1.29, 1.82) is 0 Å². The number of halogens is 1. The number of sulfonamides is 1. The van der Waals surface area contributed by atoms with Crippen molar-refractivity contribution in [3.63, 3.8) is 0 Å². The Morgan fingerprint density at radius 1 is 1.38 bits per heavy atom. The summed E-state index contributed by atoms with van der Waals surface area (Å²) in [6, 6.07) is 4.12. The summed E-state index contributed by atoms with van der Waals surface area (Å²) in [6.07, 6.45) is 0. The molecule has 7 nitrogen and oxygen atoms in total. The van der Waals surface area contributed by atoms with Crippen LogP contribution in [-0.4, -0.2) is 24.5 Å². The molecule has 21 heavy (non-hydrogen) atoms. The lowest BCUT2D eigenvalue weighted by Crippen LogP contribution is -2.16. The molecule has 0 spiro atoms. The van der Waals surface area contributed by atoms with Gasteiger partial charge in [0.1, 0.15) is 4.90 Å². The van der Waals surface area contributed by atoms with E-state index in [9.17, 15) is 13.2 Å².